The van der Waals surface area contributed by atoms with Crippen LogP contribution in [-0.4, -0.2) is 16.3 Å². The van der Waals surface area contributed by atoms with Crippen molar-refractivity contribution in [1.29, 1.82) is 0 Å². The highest BCUT2D eigenvalue weighted by Crippen LogP contribution is 2.22. The number of fused-ring (bicyclic) bond motifs is 1. The zero-order chi connectivity index (χ0) is 8.55. The van der Waals surface area contributed by atoms with E-state index in [9.17, 15) is 4.79 Å². The van der Waals surface area contributed by atoms with Crippen molar-refractivity contribution in [3.05, 3.63) is 28.6 Å². The summed E-state index contributed by atoms with van der Waals surface area (Å²) in [5.74, 6) is 0. The van der Waals surface area contributed by atoms with Gasteiger partial charge in [0.2, 0.25) is 0 Å². The van der Waals surface area contributed by atoms with Gasteiger partial charge in [0.15, 0.2) is 6.29 Å². The molecule has 0 fully saturated rings. The Morgan fingerprint density at radius 3 is 3.08 bits per heavy atom. The van der Waals surface area contributed by atoms with Crippen molar-refractivity contribution in [3.63, 3.8) is 0 Å². The number of hydrogen-bond donors (Lipinski definition) is 1. The van der Waals surface area contributed by atoms with Gasteiger partial charge >= 0.3 is 0 Å². The Morgan fingerprint density at radius 1 is 1.50 bits per heavy atom. The minimum atomic E-state index is 0.638. The van der Waals surface area contributed by atoms with Crippen molar-refractivity contribution in [2.45, 2.75) is 0 Å². The highest BCUT2D eigenvalue weighted by molar-refractivity contribution is 9.10. The molecule has 1 N–H and O–H groups in total. The molecular formula is C8H5BrN2O. The molecule has 0 saturated heterocycles. The van der Waals surface area contributed by atoms with Gasteiger partial charge in [0.1, 0.15) is 0 Å². The lowest BCUT2D eigenvalue weighted by Gasteiger charge is -1.91. The van der Waals surface area contributed by atoms with E-state index in [4.69, 9.17) is 0 Å². The second kappa shape index (κ2) is 2.71. The first kappa shape index (κ1) is 7.49. The second-order valence-electron chi connectivity index (χ2n) is 2.41. The quantitative estimate of drug-likeness (QED) is 0.755. The van der Waals surface area contributed by atoms with Gasteiger partial charge in [-0.25, -0.2) is 0 Å². The topological polar surface area (TPSA) is 45.8 Å². The Hall–Kier alpha value is -1.16. The minimum Gasteiger partial charge on any atom is -0.359 e. The molecule has 0 saturated carbocycles. The molecule has 0 aliphatic rings. The van der Waals surface area contributed by atoms with Gasteiger partial charge < -0.3 is 4.98 Å². The van der Waals surface area contributed by atoms with Crippen LogP contribution < -0.4 is 0 Å². The fourth-order valence-corrected chi connectivity index (χ4v) is 1.57. The van der Waals surface area contributed by atoms with Crippen molar-refractivity contribution in [2.24, 2.45) is 0 Å². The van der Waals surface area contributed by atoms with Gasteiger partial charge in [0.25, 0.3) is 0 Å². The molecule has 60 valence electrons. The second-order valence-corrected chi connectivity index (χ2v) is 3.26. The van der Waals surface area contributed by atoms with E-state index < -0.39 is 0 Å². The van der Waals surface area contributed by atoms with E-state index in [1.807, 2.05) is 0 Å². The lowest BCUT2D eigenvalue weighted by molar-refractivity contribution is 0.112. The first-order valence-electron chi connectivity index (χ1n) is 3.38. The number of hydrogen-bond acceptors (Lipinski definition) is 2. The Balaban J connectivity index is 2.88. The molecule has 0 amide bonds. The standard InChI is InChI=1S/C8H5BrN2O/c9-7-3-10-2-6-5(4-12)1-11-8(6)7/h1-4,11H. The van der Waals surface area contributed by atoms with Crippen molar-refractivity contribution < 1.29 is 4.79 Å². The predicted molar refractivity (Wildman–Crippen MR) is 49.2 cm³/mol. The van der Waals surface area contributed by atoms with Crippen LogP contribution in [0.1, 0.15) is 10.4 Å². The first-order valence-corrected chi connectivity index (χ1v) is 4.18. The molecule has 0 aliphatic heterocycles. The van der Waals surface area contributed by atoms with Crippen LogP contribution in [0.15, 0.2) is 23.1 Å². The van der Waals surface area contributed by atoms with Gasteiger partial charge in [-0.2, -0.15) is 0 Å². The smallest absolute Gasteiger partial charge is 0.152 e. The van der Waals surface area contributed by atoms with E-state index in [0.717, 1.165) is 21.7 Å². The number of nitrogens with zero attached hydrogens (tertiary/aromatic N) is 1. The molecular weight excluding hydrogens is 220 g/mol. The summed E-state index contributed by atoms with van der Waals surface area (Å²) in [6.45, 7) is 0. The maximum atomic E-state index is 10.5. The van der Waals surface area contributed by atoms with Crippen LogP contribution in [0.4, 0.5) is 0 Å². The number of carbonyl (C=O) groups excluding carboxylic acids is 1. The Morgan fingerprint density at radius 2 is 2.33 bits per heavy atom. The van der Waals surface area contributed by atoms with E-state index in [0.29, 0.717) is 5.56 Å². The lowest BCUT2D eigenvalue weighted by Crippen LogP contribution is -1.77. The van der Waals surface area contributed by atoms with E-state index in [1.165, 1.54) is 0 Å². The van der Waals surface area contributed by atoms with Gasteiger partial charge in [-0.3, -0.25) is 9.78 Å². The molecule has 4 heteroatoms. The number of halogens is 1. The Labute approximate surface area is 76.9 Å². The monoisotopic (exact) mass is 224 g/mol. The van der Waals surface area contributed by atoms with Crippen LogP contribution in [-0.2, 0) is 0 Å². The molecule has 2 rings (SSSR count). The molecule has 2 aromatic heterocycles. The fourth-order valence-electron chi connectivity index (χ4n) is 1.13. The SMILES string of the molecule is O=Cc1c[nH]c2c(Br)cncc12. The molecule has 0 bridgehead atoms. The molecule has 0 aliphatic carbocycles. The average Bonchev–Trinajstić information content (AvgIpc) is 2.49. The van der Waals surface area contributed by atoms with Gasteiger partial charge in [-0.15, -0.1) is 0 Å². The summed E-state index contributed by atoms with van der Waals surface area (Å²) in [6, 6.07) is 0. The number of rotatable bonds is 1. The minimum absolute atomic E-state index is 0.638. The third kappa shape index (κ3) is 0.956. The highest BCUT2D eigenvalue weighted by Gasteiger charge is 2.04. The maximum absolute atomic E-state index is 10.5. The largest absolute Gasteiger partial charge is 0.359 e. The third-order valence-corrected chi connectivity index (χ3v) is 2.31. The summed E-state index contributed by atoms with van der Waals surface area (Å²) in [5, 5.41) is 0.847. The Kier molecular flexibility index (Phi) is 1.69. The highest BCUT2D eigenvalue weighted by atomic mass is 79.9. The van der Waals surface area contributed by atoms with Crippen molar-refractivity contribution in [3.8, 4) is 0 Å². The first-order chi connectivity index (χ1) is 5.83. The number of pyridine rings is 1. The molecule has 3 nitrogen and oxygen atoms in total. The Bertz CT molecular complexity index is 436. The van der Waals surface area contributed by atoms with E-state index in [-0.39, 0.29) is 0 Å². The van der Waals surface area contributed by atoms with Crippen LogP contribution >= 0.6 is 15.9 Å². The third-order valence-electron chi connectivity index (χ3n) is 1.71. The molecule has 0 unspecified atom stereocenters. The number of aromatic nitrogens is 2. The van der Waals surface area contributed by atoms with E-state index in [1.54, 1.807) is 18.6 Å². The molecule has 12 heavy (non-hydrogen) atoms. The van der Waals surface area contributed by atoms with Crippen molar-refractivity contribution in [1.82, 2.24) is 9.97 Å². The summed E-state index contributed by atoms with van der Waals surface area (Å²) in [4.78, 5) is 17.5. The van der Waals surface area contributed by atoms with Crippen LogP contribution in [0.3, 0.4) is 0 Å². The number of carbonyl (C=O) groups is 1. The van der Waals surface area contributed by atoms with Crippen molar-refractivity contribution >= 4 is 33.1 Å². The molecule has 0 spiro atoms. The molecule has 0 atom stereocenters. The van der Waals surface area contributed by atoms with Crippen LogP contribution in [0.25, 0.3) is 10.9 Å². The summed E-state index contributed by atoms with van der Waals surface area (Å²) in [7, 11) is 0. The number of aldehydes is 1. The fraction of sp³-hybridized carbons (Fsp3) is 0. The summed E-state index contributed by atoms with van der Waals surface area (Å²) in [5.41, 5.74) is 1.55. The predicted octanol–water partition coefficient (Wildman–Crippen LogP) is 2.14. The molecule has 0 aromatic carbocycles. The van der Waals surface area contributed by atoms with E-state index in [2.05, 4.69) is 25.9 Å². The zero-order valence-corrected chi connectivity index (χ0v) is 7.63. The van der Waals surface area contributed by atoms with E-state index >= 15 is 0 Å². The van der Waals surface area contributed by atoms with Crippen LogP contribution in [0.2, 0.25) is 0 Å². The normalized spacial score (nSPS) is 10.4. The van der Waals surface area contributed by atoms with Gasteiger partial charge in [-0.05, 0) is 15.9 Å². The van der Waals surface area contributed by atoms with Gasteiger partial charge in [0, 0.05) is 29.5 Å². The molecule has 2 heterocycles. The number of aromatic amines is 1. The summed E-state index contributed by atoms with van der Waals surface area (Å²) in [6.07, 6.45) is 5.84. The van der Waals surface area contributed by atoms with Gasteiger partial charge in [-0.1, -0.05) is 0 Å². The van der Waals surface area contributed by atoms with Gasteiger partial charge in [0.05, 0.1) is 9.99 Å². The summed E-state index contributed by atoms with van der Waals surface area (Å²) < 4.78 is 0.869. The molecule has 2 aromatic rings. The van der Waals surface area contributed by atoms with Crippen molar-refractivity contribution in [2.75, 3.05) is 0 Å². The lowest BCUT2D eigenvalue weighted by atomic mass is 10.2. The number of H-pyrrole nitrogens is 1. The summed E-state index contributed by atoms with van der Waals surface area (Å²) >= 11 is 3.33. The molecule has 0 radical (unpaired) electrons. The average molecular weight is 225 g/mol. The number of nitrogens with one attached hydrogen (secondary N) is 1. The maximum Gasteiger partial charge on any atom is 0.152 e. The zero-order valence-electron chi connectivity index (χ0n) is 6.04. The van der Waals surface area contributed by atoms with Crippen LogP contribution in [0.5, 0.6) is 0 Å². The van der Waals surface area contributed by atoms with Crippen LogP contribution in [0, 0.1) is 0 Å².